The monoisotopic (exact) mass is 236 g/mol. The Labute approximate surface area is 86.2 Å². The average Bonchev–Trinajstić information content (AvgIpc) is 2.00. The first-order chi connectivity index (χ1) is 6.95. The van der Waals surface area contributed by atoms with Crippen molar-refractivity contribution in [2.75, 3.05) is 16.8 Å². The highest BCUT2D eigenvalue weighted by atomic mass is 32.2. The minimum atomic E-state index is -2.61. The Morgan fingerprint density at radius 3 is 1.93 bits per heavy atom. The first-order valence-corrected chi connectivity index (χ1v) is 4.29. The van der Waals surface area contributed by atoms with Crippen LogP contribution >= 0.6 is 0 Å². The fourth-order valence-electron chi connectivity index (χ4n) is 0.527. The van der Waals surface area contributed by atoms with Crippen molar-refractivity contribution < 1.29 is 18.1 Å². The van der Waals surface area contributed by atoms with Gasteiger partial charge in [-0.3, -0.25) is 19.2 Å². The van der Waals surface area contributed by atoms with Crippen LogP contribution < -0.4 is 16.8 Å². The molecular weight excluding hydrogens is 228 g/mol. The number of nitrogen functional groups attached to an aromatic ring is 2. The summed E-state index contributed by atoms with van der Waals surface area (Å²) in [5, 5.41) is 2.19. The van der Waals surface area contributed by atoms with Gasteiger partial charge in [0.15, 0.2) is 0 Å². The van der Waals surface area contributed by atoms with Gasteiger partial charge in [-0.2, -0.15) is 19.2 Å². The summed E-state index contributed by atoms with van der Waals surface area (Å²) in [7, 11) is 0. The topological polar surface area (TPSA) is 177 Å². The Hall–Kier alpha value is -1.85. The van der Waals surface area contributed by atoms with E-state index in [1.54, 1.807) is 0 Å². The molecule has 0 spiro atoms. The average molecular weight is 236 g/mol. The maximum Gasteiger partial charge on any atom is 0.299 e. The van der Waals surface area contributed by atoms with Crippen molar-refractivity contribution in [2.24, 2.45) is 0 Å². The molecule has 0 fully saturated rings. The zero-order chi connectivity index (χ0) is 11.8. The van der Waals surface area contributed by atoms with Crippen LogP contribution in [0, 0.1) is 0 Å². The molecule has 1 rings (SSSR count). The number of carbonyl (C=O) groups is 1. The summed E-state index contributed by atoms with van der Waals surface area (Å²) in [5.41, 5.74) is 10.4. The van der Waals surface area contributed by atoms with Crippen LogP contribution in [-0.4, -0.2) is 34.7 Å². The molecule has 1 heterocycles. The lowest BCUT2D eigenvalue weighted by Crippen LogP contribution is -2.07. The second kappa shape index (κ2) is 6.58. The fourth-order valence-corrected chi connectivity index (χ4v) is 0.527. The lowest BCUT2D eigenvalue weighted by Gasteiger charge is -1.97. The molecule has 0 atom stereocenters. The predicted molar refractivity (Wildman–Crippen MR) is 51.7 cm³/mol. The van der Waals surface area contributed by atoms with Crippen LogP contribution in [0.2, 0.25) is 0 Å². The number of anilines is 3. The van der Waals surface area contributed by atoms with Crippen LogP contribution in [0.4, 0.5) is 17.8 Å². The van der Waals surface area contributed by atoms with Gasteiger partial charge in [-0.1, -0.05) is 0 Å². The molecule has 84 valence electrons. The third kappa shape index (κ3) is 7.24. The van der Waals surface area contributed by atoms with Gasteiger partial charge in [-0.05, 0) is 0 Å². The van der Waals surface area contributed by atoms with Crippen LogP contribution in [0.5, 0.6) is 0 Å². The van der Waals surface area contributed by atoms with Gasteiger partial charge < -0.3 is 11.5 Å². The third-order valence-corrected chi connectivity index (χ3v) is 0.858. The summed E-state index contributed by atoms with van der Waals surface area (Å²) >= 11 is -2.61. The highest BCUT2D eigenvalue weighted by Crippen LogP contribution is 2.01. The van der Waals surface area contributed by atoms with E-state index >= 15 is 0 Å². The van der Waals surface area contributed by atoms with Crippen LogP contribution in [0.1, 0.15) is 0 Å². The summed E-state index contributed by atoms with van der Waals surface area (Å²) < 4.78 is 22.8. The van der Waals surface area contributed by atoms with Crippen LogP contribution in [-0.2, 0) is 16.2 Å². The molecule has 0 saturated heterocycles. The van der Waals surface area contributed by atoms with Gasteiger partial charge in [-0.15, -0.1) is 0 Å². The number of hydrogen-bond donors (Lipinski definition) is 5. The van der Waals surface area contributed by atoms with Gasteiger partial charge in [0.25, 0.3) is 11.4 Å². The minimum Gasteiger partial charge on any atom is -0.368 e. The molecule has 0 bridgehead atoms. The van der Waals surface area contributed by atoms with E-state index < -0.39 is 11.4 Å². The fraction of sp³-hybridized carbons (Fsp3) is 0. The number of hydrogen-bond acceptors (Lipinski definition) is 7. The molecule has 0 aromatic carbocycles. The van der Waals surface area contributed by atoms with E-state index in [9.17, 15) is 4.79 Å². The molecule has 1 amide bonds. The smallest absolute Gasteiger partial charge is 0.299 e. The van der Waals surface area contributed by atoms with Gasteiger partial charge >= 0.3 is 0 Å². The number of rotatable bonds is 2. The first-order valence-electron chi connectivity index (χ1n) is 3.23. The maximum absolute atomic E-state index is 9.90. The Morgan fingerprint density at radius 2 is 1.60 bits per heavy atom. The second-order valence-corrected chi connectivity index (χ2v) is 2.33. The maximum atomic E-state index is 9.90. The SMILES string of the molecule is Nc1nc(N)nc(NC=O)n1.O=S(O)O. The highest BCUT2D eigenvalue weighted by Gasteiger charge is 1.98. The number of nitrogens with two attached hydrogens (primary N) is 2. The molecule has 0 unspecified atom stereocenters. The van der Waals surface area contributed by atoms with Crippen molar-refractivity contribution in [3.63, 3.8) is 0 Å². The predicted octanol–water partition coefficient (Wildman–Crippen LogP) is -1.71. The van der Waals surface area contributed by atoms with E-state index in [-0.39, 0.29) is 17.8 Å². The summed E-state index contributed by atoms with van der Waals surface area (Å²) in [5.74, 6) is -0.00583. The number of amides is 1. The Balaban J connectivity index is 0.000000423. The quantitative estimate of drug-likeness (QED) is 0.295. The normalized spacial score (nSPS) is 9.00. The first kappa shape index (κ1) is 13.2. The van der Waals surface area contributed by atoms with Crippen molar-refractivity contribution in [3.8, 4) is 0 Å². The van der Waals surface area contributed by atoms with Gasteiger partial charge in [0.05, 0.1) is 0 Å². The van der Waals surface area contributed by atoms with E-state index in [2.05, 4.69) is 20.3 Å². The summed E-state index contributed by atoms with van der Waals surface area (Å²) in [6, 6.07) is 0. The minimum absolute atomic E-state index is 0.0261. The molecule has 0 saturated carbocycles. The Kier molecular flexibility index (Phi) is 5.77. The van der Waals surface area contributed by atoms with Gasteiger partial charge in [-0.25, -0.2) is 0 Å². The van der Waals surface area contributed by atoms with Gasteiger partial charge in [0, 0.05) is 0 Å². The van der Waals surface area contributed by atoms with E-state index in [0.717, 1.165) is 0 Å². The van der Waals surface area contributed by atoms with E-state index in [0.29, 0.717) is 6.41 Å². The number of nitrogens with one attached hydrogen (secondary N) is 1. The second-order valence-electron chi connectivity index (χ2n) is 1.87. The third-order valence-electron chi connectivity index (χ3n) is 0.858. The number of nitrogens with zero attached hydrogens (tertiary/aromatic N) is 3. The Morgan fingerprint density at radius 1 is 1.20 bits per heavy atom. The van der Waals surface area contributed by atoms with Gasteiger partial charge in [0.1, 0.15) is 0 Å². The molecule has 7 N–H and O–H groups in total. The summed E-state index contributed by atoms with van der Waals surface area (Å²) in [6.45, 7) is 0. The molecule has 11 heteroatoms. The standard InChI is InChI=1S/C4H6N6O.H2O3S/c5-2-8-3(6)10-4(9-2)7-1-11;1-4(2)3/h1H,(H5,5,6,7,8,9,10,11);(H2,1,2,3). The largest absolute Gasteiger partial charge is 0.368 e. The molecule has 1 aromatic rings. The molecule has 0 aliphatic heterocycles. The number of aromatic nitrogens is 3. The number of carbonyl (C=O) groups excluding carboxylic acids is 1. The zero-order valence-corrected chi connectivity index (χ0v) is 8.01. The lowest BCUT2D eigenvalue weighted by molar-refractivity contribution is -0.105. The van der Waals surface area contributed by atoms with Crippen molar-refractivity contribution in [3.05, 3.63) is 0 Å². The molecule has 10 nitrogen and oxygen atoms in total. The zero-order valence-electron chi connectivity index (χ0n) is 7.19. The molecule has 1 aromatic heterocycles. The van der Waals surface area contributed by atoms with E-state index in [1.807, 2.05) is 0 Å². The van der Waals surface area contributed by atoms with Crippen LogP contribution in [0.25, 0.3) is 0 Å². The summed E-state index contributed by atoms with van der Waals surface area (Å²) in [6.07, 6.45) is 0.425. The van der Waals surface area contributed by atoms with E-state index in [1.165, 1.54) is 0 Å². The van der Waals surface area contributed by atoms with Crippen molar-refractivity contribution in [1.82, 2.24) is 15.0 Å². The highest BCUT2D eigenvalue weighted by molar-refractivity contribution is 7.73. The van der Waals surface area contributed by atoms with Crippen molar-refractivity contribution >= 4 is 35.6 Å². The van der Waals surface area contributed by atoms with Gasteiger partial charge in [0.2, 0.25) is 24.3 Å². The molecule has 0 aliphatic carbocycles. The lowest BCUT2D eigenvalue weighted by atomic mass is 10.8. The van der Waals surface area contributed by atoms with E-state index in [4.69, 9.17) is 24.8 Å². The Bertz CT molecular complexity index is 335. The molecule has 0 aliphatic rings. The van der Waals surface area contributed by atoms with Crippen molar-refractivity contribution in [1.29, 1.82) is 0 Å². The molecule has 15 heavy (non-hydrogen) atoms. The van der Waals surface area contributed by atoms with Crippen LogP contribution in [0.3, 0.4) is 0 Å². The van der Waals surface area contributed by atoms with Crippen LogP contribution in [0.15, 0.2) is 0 Å². The van der Waals surface area contributed by atoms with Crippen molar-refractivity contribution in [2.45, 2.75) is 0 Å². The molecular formula is C4H8N6O4S. The summed E-state index contributed by atoms with van der Waals surface area (Å²) in [4.78, 5) is 20.5. The molecule has 0 radical (unpaired) electrons.